The second kappa shape index (κ2) is 13.1. The van der Waals surface area contributed by atoms with Crippen LogP contribution in [0.5, 0.6) is 0 Å². The van der Waals surface area contributed by atoms with Gasteiger partial charge in [0.05, 0.1) is 17.1 Å². The zero-order valence-electron chi connectivity index (χ0n) is 35.3. The van der Waals surface area contributed by atoms with E-state index >= 15 is 0 Å². The monoisotopic (exact) mass is 786 g/mol. The number of anilines is 6. The fraction of sp³-hybridized carbons (Fsp3) is 0.220. The van der Waals surface area contributed by atoms with Crippen molar-refractivity contribution in [1.82, 2.24) is 0 Å². The van der Waals surface area contributed by atoms with E-state index in [-0.39, 0.29) is 5.41 Å². The number of fused-ring (bicyclic) bond motifs is 3. The van der Waals surface area contributed by atoms with Gasteiger partial charge in [-0.15, -0.1) is 0 Å². The van der Waals surface area contributed by atoms with E-state index in [4.69, 9.17) is 0 Å². The highest BCUT2D eigenvalue weighted by atomic mass is 15.2. The first kappa shape index (κ1) is 35.4. The van der Waals surface area contributed by atoms with Gasteiger partial charge in [0.2, 0.25) is 0 Å². The molecule has 0 amide bonds. The largest absolute Gasteiger partial charge is 0.310 e. The molecule has 0 saturated heterocycles. The van der Waals surface area contributed by atoms with Crippen LogP contribution >= 0.6 is 0 Å². The fourth-order valence-corrected chi connectivity index (χ4v) is 13.9. The number of benzene rings is 9. The lowest BCUT2D eigenvalue weighted by molar-refractivity contribution is -0.0399. The SMILES string of the molecule is Cc1cc(C)c(N(c2ccccc2)c2ccc3ccc4c(N(c5ccccc5)c5ccc6c(c5)-c5ccccc5C65C6CC7CC(C6)CC5C7)ccc5ccc2c3c54)c(C)c1. The first-order valence-corrected chi connectivity index (χ1v) is 22.7. The molecule has 1 spiro atoms. The van der Waals surface area contributed by atoms with Gasteiger partial charge in [-0.25, -0.2) is 0 Å². The van der Waals surface area contributed by atoms with Gasteiger partial charge in [-0.2, -0.15) is 0 Å². The Labute approximate surface area is 359 Å². The molecule has 5 aliphatic carbocycles. The molecule has 0 aliphatic heterocycles. The van der Waals surface area contributed by atoms with Gasteiger partial charge >= 0.3 is 0 Å². The lowest BCUT2D eigenvalue weighted by Crippen LogP contribution is -2.55. The van der Waals surface area contributed by atoms with Crippen LogP contribution in [-0.4, -0.2) is 0 Å². The van der Waals surface area contributed by atoms with Crippen molar-refractivity contribution in [2.75, 3.05) is 9.80 Å². The number of hydrogen-bond acceptors (Lipinski definition) is 2. The van der Waals surface area contributed by atoms with Gasteiger partial charge in [-0.3, -0.25) is 0 Å². The van der Waals surface area contributed by atoms with Crippen LogP contribution in [0.4, 0.5) is 34.1 Å². The molecular formula is C59H50N2. The summed E-state index contributed by atoms with van der Waals surface area (Å²) < 4.78 is 0. The summed E-state index contributed by atoms with van der Waals surface area (Å²) in [6.07, 6.45) is 7.07. The predicted octanol–water partition coefficient (Wildman–Crippen LogP) is 16.2. The van der Waals surface area contributed by atoms with Crippen molar-refractivity contribution < 1.29 is 0 Å². The minimum absolute atomic E-state index is 0.156. The van der Waals surface area contributed by atoms with Gasteiger partial charge in [0.1, 0.15) is 0 Å². The molecule has 0 unspecified atom stereocenters. The van der Waals surface area contributed by atoms with E-state index in [1.54, 1.807) is 11.1 Å². The zero-order valence-corrected chi connectivity index (χ0v) is 35.3. The Morgan fingerprint density at radius 2 is 0.934 bits per heavy atom. The third kappa shape index (κ3) is 4.97. The molecule has 2 nitrogen and oxygen atoms in total. The van der Waals surface area contributed by atoms with Crippen LogP contribution in [0, 0.1) is 44.4 Å². The van der Waals surface area contributed by atoms with Crippen molar-refractivity contribution in [2.24, 2.45) is 23.7 Å². The van der Waals surface area contributed by atoms with E-state index in [0.717, 1.165) is 29.4 Å². The molecule has 4 bridgehead atoms. The van der Waals surface area contributed by atoms with Gasteiger partial charge in [-0.1, -0.05) is 121 Å². The van der Waals surface area contributed by atoms with Crippen LogP contribution in [-0.2, 0) is 5.41 Å². The first-order chi connectivity index (χ1) is 30.0. The third-order valence-electron chi connectivity index (χ3n) is 15.8. The van der Waals surface area contributed by atoms with E-state index in [9.17, 15) is 0 Å². The average molecular weight is 787 g/mol. The van der Waals surface area contributed by atoms with Crippen LogP contribution in [0.25, 0.3) is 43.4 Å². The Morgan fingerprint density at radius 1 is 0.426 bits per heavy atom. The lowest BCUT2D eigenvalue weighted by atomic mass is 9.43. The van der Waals surface area contributed by atoms with Crippen LogP contribution in [0.3, 0.4) is 0 Å². The molecule has 0 atom stereocenters. The lowest BCUT2D eigenvalue weighted by Gasteiger charge is -2.61. The predicted molar refractivity (Wildman–Crippen MR) is 257 cm³/mol. The standard InChI is InChI=1S/C59H50N2/c1-36-28-37(2)58(38(3)29-36)61(46-14-8-5-9-15-46)55-27-21-42-18-23-49-54(26-20-41-19-24-50(55)57(42)56(41)49)60(45-12-6-4-7-13-45)47-22-25-53-51(35-47)48-16-10-11-17-52(48)59(53)43-31-39-30-40(33-43)34-44(59)32-39/h4-29,35,39-40,43-44H,30-34H2,1-3H3. The second-order valence-corrected chi connectivity index (χ2v) is 19.1. The molecule has 2 heteroatoms. The third-order valence-corrected chi connectivity index (χ3v) is 15.8. The molecule has 0 N–H and O–H groups in total. The number of nitrogens with zero attached hydrogens (tertiary/aromatic N) is 2. The Morgan fingerprint density at radius 3 is 1.54 bits per heavy atom. The van der Waals surface area contributed by atoms with Crippen LogP contribution in [0.2, 0.25) is 0 Å². The molecule has 14 rings (SSSR count). The Kier molecular flexibility index (Phi) is 7.58. The number of para-hydroxylation sites is 2. The van der Waals surface area contributed by atoms with Crippen LogP contribution in [0.1, 0.15) is 59.9 Å². The molecular weight excluding hydrogens is 737 g/mol. The quantitative estimate of drug-likeness (QED) is 0.155. The van der Waals surface area contributed by atoms with Crippen molar-refractivity contribution in [3.63, 3.8) is 0 Å². The minimum atomic E-state index is 0.156. The second-order valence-electron chi connectivity index (χ2n) is 19.1. The summed E-state index contributed by atoms with van der Waals surface area (Å²) in [5.41, 5.74) is 17.3. The minimum Gasteiger partial charge on any atom is -0.310 e. The van der Waals surface area contributed by atoms with Gasteiger partial charge in [0, 0.05) is 33.2 Å². The van der Waals surface area contributed by atoms with E-state index < -0.39 is 0 Å². The summed E-state index contributed by atoms with van der Waals surface area (Å²) >= 11 is 0. The van der Waals surface area contributed by atoms with Crippen molar-refractivity contribution in [3.8, 4) is 11.1 Å². The topological polar surface area (TPSA) is 6.48 Å². The highest BCUT2D eigenvalue weighted by molar-refractivity contribution is 6.28. The van der Waals surface area contributed by atoms with Gasteiger partial charge in [0.25, 0.3) is 0 Å². The van der Waals surface area contributed by atoms with Crippen molar-refractivity contribution >= 4 is 66.4 Å². The van der Waals surface area contributed by atoms with Crippen molar-refractivity contribution in [2.45, 2.75) is 58.3 Å². The maximum absolute atomic E-state index is 2.57. The molecule has 296 valence electrons. The molecule has 0 heterocycles. The molecule has 9 aromatic rings. The maximum Gasteiger partial charge on any atom is 0.0540 e. The first-order valence-electron chi connectivity index (χ1n) is 22.7. The summed E-state index contributed by atoms with van der Waals surface area (Å²) in [6, 6.07) is 62.5. The number of rotatable bonds is 6. The van der Waals surface area contributed by atoms with Crippen molar-refractivity contribution in [1.29, 1.82) is 0 Å². The smallest absolute Gasteiger partial charge is 0.0540 e. The van der Waals surface area contributed by atoms with Gasteiger partial charge in [0.15, 0.2) is 0 Å². The molecule has 5 aliphatic rings. The average Bonchev–Trinajstić information content (AvgIpc) is 3.57. The Hall–Kier alpha value is -6.38. The Balaban J connectivity index is 1.02. The maximum atomic E-state index is 2.57. The number of hydrogen-bond donors (Lipinski definition) is 0. The fourth-order valence-electron chi connectivity index (χ4n) is 13.9. The zero-order chi connectivity index (χ0) is 40.6. The summed E-state index contributed by atoms with van der Waals surface area (Å²) in [6.45, 7) is 6.71. The summed E-state index contributed by atoms with van der Waals surface area (Å²) in [4.78, 5) is 5.03. The van der Waals surface area contributed by atoms with Crippen molar-refractivity contribution in [3.05, 3.63) is 192 Å². The van der Waals surface area contributed by atoms with Crippen LogP contribution in [0.15, 0.2) is 164 Å². The van der Waals surface area contributed by atoms with E-state index in [2.05, 4.69) is 194 Å². The molecule has 0 radical (unpaired) electrons. The summed E-state index contributed by atoms with van der Waals surface area (Å²) in [5, 5.41) is 7.70. The molecule has 9 aromatic carbocycles. The highest BCUT2D eigenvalue weighted by Gasteiger charge is 2.61. The van der Waals surface area contributed by atoms with E-state index in [1.165, 1.54) is 121 Å². The molecule has 4 saturated carbocycles. The van der Waals surface area contributed by atoms with E-state index in [1.807, 2.05) is 0 Å². The number of aryl methyl sites for hydroxylation is 3. The summed E-state index contributed by atoms with van der Waals surface area (Å²) in [5.74, 6) is 3.36. The van der Waals surface area contributed by atoms with Gasteiger partial charge < -0.3 is 9.80 Å². The van der Waals surface area contributed by atoms with Crippen LogP contribution < -0.4 is 9.80 Å². The van der Waals surface area contributed by atoms with E-state index in [0.29, 0.717) is 0 Å². The highest BCUT2D eigenvalue weighted by Crippen LogP contribution is 2.69. The summed E-state index contributed by atoms with van der Waals surface area (Å²) in [7, 11) is 0. The normalized spacial score (nSPS) is 22.1. The van der Waals surface area contributed by atoms with Gasteiger partial charge in [-0.05, 0) is 180 Å². The Bertz CT molecular complexity index is 3150. The molecule has 0 aromatic heterocycles. The molecule has 4 fully saturated rings. The molecule has 61 heavy (non-hydrogen) atoms.